The first-order chi connectivity index (χ1) is 69.4. The molecule has 5 aliphatic heterocycles. The number of amides is 6. The highest BCUT2D eigenvalue weighted by Gasteiger charge is 2.44. The zero-order chi connectivity index (χ0) is 103. The number of nitrogens with zero attached hydrogens (tertiary/aromatic N) is 15. The number of aryl methyl sites for hydroxylation is 7. The van der Waals surface area contributed by atoms with Gasteiger partial charge < -0.3 is 75.5 Å². The summed E-state index contributed by atoms with van der Waals surface area (Å²) >= 11 is 7.68. The predicted molar refractivity (Wildman–Crippen MR) is 585 cm³/mol. The number of nitrogen functional groups attached to an aromatic ring is 6. The molecular weight excluding hydrogens is 1990 g/mol. The summed E-state index contributed by atoms with van der Waals surface area (Å²) in [5.41, 5.74) is 56.2. The average molecular weight is 2100 g/mol. The number of thiophene rings is 6. The van der Waals surface area contributed by atoms with E-state index in [-0.39, 0.29) is 35.4 Å². The number of fused-ring (bicyclic) bond motifs is 9. The topological polar surface area (TPSA) is 526 Å². The lowest BCUT2D eigenvalue weighted by atomic mass is 9.92. The predicted octanol–water partition coefficient (Wildman–Crippen LogP) is 14.2. The summed E-state index contributed by atoms with van der Waals surface area (Å²) in [5.74, 6) is 8.74. The summed E-state index contributed by atoms with van der Waals surface area (Å²) in [6, 6.07) is 43.0. The van der Waals surface area contributed by atoms with Crippen LogP contribution in [0.2, 0.25) is 0 Å². The van der Waals surface area contributed by atoms with Gasteiger partial charge in [0.1, 0.15) is 64.0 Å². The highest BCUT2D eigenvalue weighted by atomic mass is 32.2. The highest BCUT2D eigenvalue weighted by Crippen LogP contribution is 2.43. The van der Waals surface area contributed by atoms with E-state index in [1.165, 1.54) is 90.3 Å². The molecule has 0 radical (unpaired) electrons. The first-order valence-electron chi connectivity index (χ1n) is 46.0. The normalized spacial score (nSPS) is 15.3. The van der Waals surface area contributed by atoms with Crippen molar-refractivity contribution in [3.63, 3.8) is 0 Å². The van der Waals surface area contributed by atoms with E-state index in [1.54, 1.807) is 61.4 Å². The summed E-state index contributed by atoms with van der Waals surface area (Å²) in [5, 5.41) is 68.0. The fourth-order valence-electron chi connectivity index (χ4n) is 17.5. The maximum atomic E-state index is 13.1. The Hall–Kier alpha value is -14.7. The Labute approximate surface area is 859 Å². The maximum Gasteiger partial charge on any atom is 0.266 e. The van der Waals surface area contributed by atoms with Crippen LogP contribution in [0.15, 0.2) is 169 Å². The number of nitrogens with one attached hydrogen (secondary N) is 5. The number of hydrogen-bond acceptors (Lipinski definition) is 34. The number of hydrogen-bond donors (Lipinski definition) is 11. The molecule has 17 N–H and O–H groups in total. The first-order valence-corrected chi connectivity index (χ1v) is 55.2. The third-order valence-electron chi connectivity index (χ3n) is 25.7. The second kappa shape index (κ2) is 43.1. The van der Waals surface area contributed by atoms with Gasteiger partial charge in [-0.05, 0) is 192 Å². The van der Waals surface area contributed by atoms with Crippen LogP contribution < -0.4 is 65.7 Å². The lowest BCUT2D eigenvalue weighted by molar-refractivity contribution is 0.0506. The van der Waals surface area contributed by atoms with Gasteiger partial charge in [0.15, 0.2) is 0 Å². The molecule has 12 aromatic heterocycles. The molecule has 17 aromatic rings. The number of carbonyl (C=O) groups excluding carboxylic acids is 6. The molecule has 6 amide bonds. The Balaban J connectivity index is 0.000000119. The van der Waals surface area contributed by atoms with E-state index < -0.39 is 19.2 Å². The number of rotatable bonds is 18. The van der Waals surface area contributed by atoms with Gasteiger partial charge in [0.2, 0.25) is 0 Å². The van der Waals surface area contributed by atoms with Crippen LogP contribution in [-0.4, -0.2) is 189 Å². The molecule has 0 spiro atoms. The van der Waals surface area contributed by atoms with Gasteiger partial charge in [0.05, 0.1) is 76.4 Å². The Morgan fingerprint density at radius 2 is 0.821 bits per heavy atom. The number of allylic oxidation sites excluding steroid dienone is 1. The smallest absolute Gasteiger partial charge is 0.266 e. The lowest BCUT2D eigenvalue weighted by Crippen LogP contribution is -2.50. The van der Waals surface area contributed by atoms with Crippen LogP contribution in [-0.2, 0) is 64.7 Å². The Morgan fingerprint density at radius 3 is 1.26 bits per heavy atom. The Bertz CT molecular complexity index is 8190. The summed E-state index contributed by atoms with van der Waals surface area (Å²) in [6.07, 6.45) is 10.7. The van der Waals surface area contributed by atoms with E-state index in [9.17, 15) is 37.2 Å². The third kappa shape index (κ3) is 22.5. The van der Waals surface area contributed by atoms with Gasteiger partial charge in [0, 0.05) is 149 Å². The number of ether oxygens (including phenoxy) is 1. The molecule has 3 saturated heterocycles. The molecular formula is C102H106N26O9S8. The largest absolute Gasteiger partial charge is 0.493 e. The van der Waals surface area contributed by atoms with Crippen LogP contribution in [0.4, 0.5) is 39.8 Å². The number of benzene rings is 5. The molecule has 145 heavy (non-hydrogen) atoms. The van der Waals surface area contributed by atoms with Crippen LogP contribution >= 0.6 is 68.0 Å². The van der Waals surface area contributed by atoms with Crippen LogP contribution in [0.1, 0.15) is 136 Å². The summed E-state index contributed by atoms with van der Waals surface area (Å²) in [6.45, 7) is 24.4. The zero-order valence-corrected chi connectivity index (χ0v) is 87.3. The van der Waals surface area contributed by atoms with Gasteiger partial charge in [-0.3, -0.25) is 37.2 Å². The lowest BCUT2D eigenvalue weighted by Gasteiger charge is -2.39. The molecule has 43 heteroatoms. The van der Waals surface area contributed by atoms with Crippen molar-refractivity contribution < 1.29 is 41.9 Å². The van der Waals surface area contributed by atoms with Crippen molar-refractivity contribution in [1.82, 2.24) is 96.6 Å². The molecule has 5 aromatic carbocycles. The summed E-state index contributed by atoms with van der Waals surface area (Å²) in [4.78, 5) is 87.1. The minimum absolute atomic E-state index is 0.0156. The maximum absolute atomic E-state index is 13.1. The van der Waals surface area contributed by atoms with Crippen molar-refractivity contribution in [2.75, 3.05) is 98.1 Å². The van der Waals surface area contributed by atoms with E-state index in [2.05, 4.69) is 142 Å². The van der Waals surface area contributed by atoms with Gasteiger partial charge >= 0.3 is 0 Å². The molecule has 17 heterocycles. The van der Waals surface area contributed by atoms with Gasteiger partial charge in [-0.2, -0.15) is 30.6 Å². The highest BCUT2D eigenvalue weighted by molar-refractivity contribution is 7.99. The number of likely N-dealkylation sites (tertiary alicyclic amines) is 2. The van der Waals surface area contributed by atoms with E-state index >= 15 is 0 Å². The number of carbonyl (C=O) groups is 6. The van der Waals surface area contributed by atoms with Gasteiger partial charge in [0.25, 0.3) is 35.4 Å². The van der Waals surface area contributed by atoms with Crippen molar-refractivity contribution in [1.29, 1.82) is 0 Å². The van der Waals surface area contributed by atoms with Crippen molar-refractivity contribution in [2.45, 2.75) is 98.8 Å². The molecule has 5 aliphatic rings. The van der Waals surface area contributed by atoms with Gasteiger partial charge in [-0.25, -0.2) is 4.31 Å². The molecule has 0 bridgehead atoms. The van der Waals surface area contributed by atoms with Crippen molar-refractivity contribution in [2.24, 2.45) is 17.8 Å². The van der Waals surface area contributed by atoms with Gasteiger partial charge in [-0.15, -0.1) is 98.6 Å². The number of aromatic nitrogens is 12. The van der Waals surface area contributed by atoms with Crippen LogP contribution in [0.25, 0.3) is 61.3 Å². The molecule has 0 aliphatic carbocycles. The van der Waals surface area contributed by atoms with E-state index in [1.807, 2.05) is 129 Å². The van der Waals surface area contributed by atoms with Crippen molar-refractivity contribution >= 4 is 236 Å². The van der Waals surface area contributed by atoms with Crippen molar-refractivity contribution in [3.8, 4) is 5.75 Å². The second-order valence-electron chi connectivity index (χ2n) is 36.2. The van der Waals surface area contributed by atoms with Crippen LogP contribution in [0.3, 0.4) is 0 Å². The average Bonchev–Trinajstić information content (AvgIpc) is 1.64. The molecule has 0 saturated carbocycles. The standard InChI is InChI=1S/C19H19N5OS.C19H20N4OS.C17H23N5O2S2.C16H16N4O2S2.C16H14N4O2S.C15H14N4OS/c1-9-6-13-7-12(4-5-14(13)22-9)8-21-18(25)17-16(20)15-10(2)11(3)23-24-19(15)26-17;1-11-12(2)21-22-18-15(11)16(20)17(25-18)19(24)23-9-14(10-23)8-13-6-4-3-5-7-13;1-9-10(2)19-20-16-13(9)14(18)15(25-16)17(23)21-5-11-7-22(26(3,4)24)8-12(11)6-21;1-24(2,22)11-5-3-10(4-6-11)9-18-15(21)14-13(17)12-7-8-19-20-16(12)23-14;17-13-11-3-5-19-20-16(11)23-14(13)15(21)18-8-9-1-2-12-10(7-9)4-6-22-12;1-9-3-2-4-10(7-9)8-17-14(20)13-12(16)11-5-6-18-19-15(11)21-13/h4-5,7,22H,1,6,8,20H2,2-3H3,(H,21,25);3-7,14H,8-10,20H2,1-2H3;11-12H,3,5-8,18H2,1-2,4H3;3-8H,1,9,17H2,2H3,(H,18,21);1-3,5,7H,4,6,8,17H2,(H,18,21);2-7H,8,16H2,1H3,(H,17,20). The summed E-state index contributed by atoms with van der Waals surface area (Å²) in [7, 11) is -4.40. The third-order valence-corrected chi connectivity index (χ3v) is 35.0. The Kier molecular flexibility index (Phi) is 30.2. The fraction of sp³-hybridized carbons (Fsp3) is 0.255. The molecule has 4 unspecified atom stereocenters. The van der Waals surface area contributed by atoms with E-state index in [4.69, 9.17) is 39.1 Å². The molecule has 3 fully saturated rings. The van der Waals surface area contributed by atoms with Gasteiger partial charge in [-0.1, -0.05) is 103 Å². The minimum atomic E-state index is -2.23. The van der Waals surface area contributed by atoms with Crippen molar-refractivity contribution in [3.05, 3.63) is 272 Å². The quantitative estimate of drug-likeness (QED) is 0.0355. The molecule has 22 rings (SSSR count). The summed E-state index contributed by atoms with van der Waals surface area (Å²) < 4.78 is 31.5. The minimum Gasteiger partial charge on any atom is -0.493 e. The van der Waals surface area contributed by atoms with Crippen LogP contribution in [0, 0.1) is 66.2 Å². The first kappa shape index (κ1) is 102. The molecule has 746 valence electrons. The number of nitrogens with two attached hydrogens (primary N) is 6. The Morgan fingerprint density at radius 1 is 0.428 bits per heavy atom. The van der Waals surface area contributed by atoms with Crippen LogP contribution in [0.5, 0.6) is 5.75 Å². The van der Waals surface area contributed by atoms with E-state index in [0.717, 1.165) is 162 Å². The fourth-order valence-corrected chi connectivity index (χ4v) is 25.2. The molecule has 4 atom stereocenters. The molecule has 35 nitrogen and oxygen atoms in total. The number of anilines is 7. The SMILES string of the molecule is C=C1Cc2cc(CNC(=O)c3sc4nnc(C)c(C)c4c3N)ccc2N1.C=S(C)(=O)N1CC2CN(C(=O)c3sc4nnc(C)c(C)c4c3N)CC2C1.C=S(C)(=O)c1ccc(CNC(=O)c2sc3nnccc3c2N)cc1.Cc1cccc(CNC(=O)c2sc3nnccc3c2N)c1.Cc1nnc2sc(C(=O)N3CC(Cc4ccccc4)C3)c(N)c2c1C.Nc1c(C(=O)NCc2ccc3c(c2)CCO3)sc2nnccc12. The zero-order valence-electron chi connectivity index (χ0n) is 80.8. The monoisotopic (exact) mass is 2090 g/mol. The second-order valence-corrected chi connectivity index (χ2v) is 47.1. The van der Waals surface area contributed by atoms with E-state index in [0.29, 0.717) is 149 Å².